The van der Waals surface area contributed by atoms with Crippen LogP contribution in [0.4, 0.5) is 0 Å². The van der Waals surface area contributed by atoms with Gasteiger partial charge < -0.3 is 4.74 Å². The number of aromatic nitrogens is 1. The molecule has 0 radical (unpaired) electrons. The van der Waals surface area contributed by atoms with Crippen molar-refractivity contribution in [2.24, 2.45) is 0 Å². The van der Waals surface area contributed by atoms with Gasteiger partial charge in [-0.05, 0) is 31.9 Å². The fourth-order valence-corrected chi connectivity index (χ4v) is 3.40. The Morgan fingerprint density at radius 1 is 1.50 bits per heavy atom. The molecule has 100 valence electrons. The van der Waals surface area contributed by atoms with Crippen LogP contribution in [0.5, 0.6) is 0 Å². The Kier molecular flexibility index (Phi) is 3.91. The van der Waals surface area contributed by atoms with E-state index in [2.05, 4.69) is 9.71 Å². The Morgan fingerprint density at radius 2 is 2.28 bits per heavy atom. The summed E-state index contributed by atoms with van der Waals surface area (Å²) in [5.74, 6) is 0. The van der Waals surface area contributed by atoms with Crippen LogP contribution in [-0.4, -0.2) is 32.2 Å². The summed E-state index contributed by atoms with van der Waals surface area (Å²) in [5.41, 5.74) is -0.559. The second-order valence-corrected chi connectivity index (χ2v) is 6.71. The van der Waals surface area contributed by atoms with Crippen LogP contribution in [-0.2, 0) is 14.8 Å². The second kappa shape index (κ2) is 5.13. The van der Waals surface area contributed by atoms with Crippen LogP contribution in [0.2, 0.25) is 5.15 Å². The summed E-state index contributed by atoms with van der Waals surface area (Å²) >= 11 is 5.63. The molecule has 1 aromatic rings. The molecule has 1 N–H and O–H groups in total. The van der Waals surface area contributed by atoms with Crippen LogP contribution in [0.3, 0.4) is 0 Å². The van der Waals surface area contributed by atoms with E-state index in [4.69, 9.17) is 16.3 Å². The monoisotopic (exact) mass is 290 g/mol. The highest BCUT2D eigenvalue weighted by molar-refractivity contribution is 7.89. The minimum Gasteiger partial charge on any atom is -0.380 e. The number of halogens is 1. The molecule has 1 unspecified atom stereocenters. The molecule has 2 rings (SSSR count). The fourth-order valence-electron chi connectivity index (χ4n) is 1.92. The van der Waals surface area contributed by atoms with Crippen molar-refractivity contribution < 1.29 is 13.2 Å². The molecule has 0 bridgehead atoms. The molecule has 1 fully saturated rings. The number of rotatable bonds is 3. The van der Waals surface area contributed by atoms with Gasteiger partial charge in [-0.1, -0.05) is 11.6 Å². The van der Waals surface area contributed by atoms with Crippen LogP contribution < -0.4 is 4.72 Å². The van der Waals surface area contributed by atoms with Crippen molar-refractivity contribution in [2.45, 2.75) is 30.2 Å². The van der Waals surface area contributed by atoms with E-state index < -0.39 is 15.6 Å². The first-order valence-corrected chi connectivity index (χ1v) is 7.51. The highest BCUT2D eigenvalue weighted by Crippen LogP contribution is 2.21. The van der Waals surface area contributed by atoms with Gasteiger partial charge in [-0.2, -0.15) is 0 Å². The van der Waals surface area contributed by atoms with Crippen molar-refractivity contribution in [3.05, 3.63) is 23.5 Å². The van der Waals surface area contributed by atoms with Crippen molar-refractivity contribution in [3.8, 4) is 0 Å². The van der Waals surface area contributed by atoms with Gasteiger partial charge in [0, 0.05) is 12.8 Å². The predicted octanol–water partition coefficient (Wildman–Crippen LogP) is 1.58. The Hall–Kier alpha value is -0.690. The first-order chi connectivity index (χ1) is 8.41. The minimum absolute atomic E-state index is 0.110. The van der Waals surface area contributed by atoms with E-state index in [1.54, 1.807) is 0 Å². The van der Waals surface area contributed by atoms with Crippen molar-refractivity contribution in [1.29, 1.82) is 0 Å². The average molecular weight is 291 g/mol. The molecule has 0 aromatic carbocycles. The van der Waals surface area contributed by atoms with Crippen LogP contribution in [0.25, 0.3) is 0 Å². The zero-order chi connectivity index (χ0) is 13.2. The van der Waals surface area contributed by atoms with E-state index in [9.17, 15) is 8.42 Å². The summed E-state index contributed by atoms with van der Waals surface area (Å²) in [7, 11) is -3.59. The average Bonchev–Trinajstić information content (AvgIpc) is 2.29. The highest BCUT2D eigenvalue weighted by Gasteiger charge is 2.32. The Labute approximate surface area is 112 Å². The molecule has 7 heteroatoms. The molecule has 1 aliphatic rings. The van der Waals surface area contributed by atoms with Gasteiger partial charge in [-0.15, -0.1) is 0 Å². The number of sulfonamides is 1. The number of hydrogen-bond acceptors (Lipinski definition) is 4. The SMILES string of the molecule is CC1(NS(=O)(=O)c2ccc(Cl)nc2)CCCOC1. The zero-order valence-electron chi connectivity index (χ0n) is 10.0. The maximum Gasteiger partial charge on any atom is 0.242 e. The summed E-state index contributed by atoms with van der Waals surface area (Å²) in [6, 6.07) is 2.89. The van der Waals surface area contributed by atoms with Gasteiger partial charge in [0.1, 0.15) is 10.0 Å². The normalized spacial score (nSPS) is 25.0. The van der Waals surface area contributed by atoms with Crippen LogP contribution in [0, 0.1) is 0 Å². The van der Waals surface area contributed by atoms with E-state index >= 15 is 0 Å². The molecule has 1 aromatic heterocycles. The standard InChI is InChI=1S/C11H15ClN2O3S/c1-11(5-2-6-17-8-11)14-18(15,16)9-3-4-10(12)13-7-9/h3-4,7,14H,2,5-6,8H2,1H3. The molecule has 0 amide bonds. The third-order valence-corrected chi connectivity index (χ3v) is 4.68. The first-order valence-electron chi connectivity index (χ1n) is 5.65. The van der Waals surface area contributed by atoms with Gasteiger partial charge in [0.05, 0.1) is 12.1 Å². The Balaban J connectivity index is 2.18. The maximum absolute atomic E-state index is 12.2. The lowest BCUT2D eigenvalue weighted by Crippen LogP contribution is -2.51. The van der Waals surface area contributed by atoms with Gasteiger partial charge in [0.2, 0.25) is 10.0 Å². The molecule has 18 heavy (non-hydrogen) atoms. The van der Waals surface area contributed by atoms with Crippen molar-refractivity contribution >= 4 is 21.6 Å². The van der Waals surface area contributed by atoms with E-state index in [1.807, 2.05) is 6.92 Å². The van der Waals surface area contributed by atoms with Crippen LogP contribution >= 0.6 is 11.6 Å². The molecule has 1 saturated heterocycles. The van der Waals surface area contributed by atoms with Crippen LogP contribution in [0.1, 0.15) is 19.8 Å². The lowest BCUT2D eigenvalue weighted by molar-refractivity contribution is 0.0386. The third kappa shape index (κ3) is 3.20. The largest absolute Gasteiger partial charge is 0.380 e. The minimum atomic E-state index is -3.59. The lowest BCUT2D eigenvalue weighted by atomic mass is 9.97. The third-order valence-electron chi connectivity index (χ3n) is 2.83. The van der Waals surface area contributed by atoms with Crippen molar-refractivity contribution in [2.75, 3.05) is 13.2 Å². The van der Waals surface area contributed by atoms with Gasteiger partial charge in [-0.3, -0.25) is 0 Å². The van der Waals surface area contributed by atoms with Gasteiger partial charge in [-0.25, -0.2) is 18.1 Å². The zero-order valence-corrected chi connectivity index (χ0v) is 11.6. The number of nitrogens with one attached hydrogen (secondary N) is 1. The summed E-state index contributed by atoms with van der Waals surface area (Å²) in [4.78, 5) is 3.89. The summed E-state index contributed by atoms with van der Waals surface area (Å²) < 4.78 is 32.3. The summed E-state index contributed by atoms with van der Waals surface area (Å²) in [5, 5.41) is 0.265. The van der Waals surface area contributed by atoms with Crippen LogP contribution in [0.15, 0.2) is 23.2 Å². The Bertz CT molecular complexity index is 510. The molecule has 0 aliphatic carbocycles. The van der Waals surface area contributed by atoms with Gasteiger partial charge >= 0.3 is 0 Å². The maximum atomic E-state index is 12.2. The molecule has 5 nitrogen and oxygen atoms in total. The van der Waals surface area contributed by atoms with Crippen molar-refractivity contribution in [3.63, 3.8) is 0 Å². The number of ether oxygens (including phenoxy) is 1. The molecule has 1 aliphatic heterocycles. The highest BCUT2D eigenvalue weighted by atomic mass is 35.5. The molecule has 0 saturated carbocycles. The lowest BCUT2D eigenvalue weighted by Gasteiger charge is -2.33. The predicted molar refractivity (Wildman–Crippen MR) is 68.0 cm³/mol. The van der Waals surface area contributed by atoms with E-state index in [0.717, 1.165) is 12.8 Å². The van der Waals surface area contributed by atoms with Gasteiger partial charge in [0.15, 0.2) is 0 Å². The molecular weight excluding hydrogens is 276 g/mol. The molecule has 1 atom stereocenters. The molecular formula is C11H15ClN2O3S. The molecule has 2 heterocycles. The quantitative estimate of drug-likeness (QED) is 0.858. The van der Waals surface area contributed by atoms with Gasteiger partial charge in [0.25, 0.3) is 0 Å². The number of pyridine rings is 1. The topological polar surface area (TPSA) is 68.3 Å². The molecule has 0 spiro atoms. The van der Waals surface area contributed by atoms with E-state index in [1.165, 1.54) is 18.3 Å². The second-order valence-electron chi connectivity index (χ2n) is 4.64. The Morgan fingerprint density at radius 3 is 2.83 bits per heavy atom. The van der Waals surface area contributed by atoms with E-state index in [-0.39, 0.29) is 10.0 Å². The summed E-state index contributed by atoms with van der Waals surface area (Å²) in [6.07, 6.45) is 2.85. The summed E-state index contributed by atoms with van der Waals surface area (Å²) in [6.45, 7) is 2.90. The number of nitrogens with zero attached hydrogens (tertiary/aromatic N) is 1. The fraction of sp³-hybridized carbons (Fsp3) is 0.545. The van der Waals surface area contributed by atoms with E-state index in [0.29, 0.717) is 13.2 Å². The first kappa shape index (κ1) is 13.7. The number of hydrogen-bond donors (Lipinski definition) is 1. The smallest absolute Gasteiger partial charge is 0.242 e. The van der Waals surface area contributed by atoms with Crippen molar-refractivity contribution in [1.82, 2.24) is 9.71 Å².